The van der Waals surface area contributed by atoms with E-state index in [9.17, 15) is 9.59 Å². The summed E-state index contributed by atoms with van der Waals surface area (Å²) in [7, 11) is 1.60. The predicted molar refractivity (Wildman–Crippen MR) is 76.9 cm³/mol. The highest BCUT2D eigenvalue weighted by Gasteiger charge is 2.37. The Balaban J connectivity index is 2.46. The molecule has 0 aromatic heterocycles. The van der Waals surface area contributed by atoms with Crippen LogP contribution in [0.5, 0.6) is 5.75 Å². The first-order valence-corrected chi connectivity index (χ1v) is 6.70. The highest BCUT2D eigenvalue weighted by atomic mass is 16.5. The molecule has 5 heteroatoms. The van der Waals surface area contributed by atoms with Crippen molar-refractivity contribution in [2.45, 2.75) is 26.8 Å². The van der Waals surface area contributed by atoms with Crippen LogP contribution in [0, 0.1) is 12.8 Å². The Bertz CT molecular complexity index is 540. The number of ether oxygens (including phenoxy) is 1. The van der Waals surface area contributed by atoms with Gasteiger partial charge in [-0.3, -0.25) is 14.5 Å². The number of piperazine rings is 1. The number of carbonyl (C=O) groups is 2. The fourth-order valence-corrected chi connectivity index (χ4v) is 2.54. The van der Waals surface area contributed by atoms with E-state index in [1.54, 1.807) is 18.1 Å². The molecule has 0 bridgehead atoms. The summed E-state index contributed by atoms with van der Waals surface area (Å²) in [6.07, 6.45) is 0. The number of rotatable bonds is 3. The second kappa shape index (κ2) is 5.53. The molecule has 0 saturated carbocycles. The molecule has 1 unspecified atom stereocenters. The highest BCUT2D eigenvalue weighted by Crippen LogP contribution is 2.29. The molecule has 1 aliphatic rings. The minimum absolute atomic E-state index is 0.0424. The maximum Gasteiger partial charge on any atom is 0.247 e. The van der Waals surface area contributed by atoms with Gasteiger partial charge in [0, 0.05) is 5.69 Å². The minimum Gasteiger partial charge on any atom is -0.497 e. The van der Waals surface area contributed by atoms with Gasteiger partial charge in [-0.05, 0) is 36.6 Å². The van der Waals surface area contributed by atoms with Crippen LogP contribution in [0.4, 0.5) is 5.69 Å². The quantitative estimate of drug-likeness (QED) is 0.910. The van der Waals surface area contributed by atoms with E-state index in [4.69, 9.17) is 4.74 Å². The summed E-state index contributed by atoms with van der Waals surface area (Å²) in [5, 5.41) is 2.65. The Morgan fingerprint density at radius 2 is 2.05 bits per heavy atom. The normalized spacial score (nSPS) is 19.2. The molecule has 0 spiro atoms. The van der Waals surface area contributed by atoms with Gasteiger partial charge in [0.15, 0.2) is 0 Å². The molecular weight excluding hydrogens is 256 g/mol. The maximum atomic E-state index is 12.2. The monoisotopic (exact) mass is 276 g/mol. The van der Waals surface area contributed by atoms with E-state index in [1.807, 2.05) is 32.9 Å². The Morgan fingerprint density at radius 3 is 2.60 bits per heavy atom. The van der Waals surface area contributed by atoms with Crippen molar-refractivity contribution < 1.29 is 14.3 Å². The fourth-order valence-electron chi connectivity index (χ4n) is 2.54. The zero-order chi connectivity index (χ0) is 14.9. The SMILES string of the molecule is COc1ccc(N2C(=O)CNC(=O)C2C(C)C)c(C)c1. The summed E-state index contributed by atoms with van der Waals surface area (Å²) in [5.74, 6) is 0.591. The number of amides is 2. The number of anilines is 1. The zero-order valence-corrected chi connectivity index (χ0v) is 12.3. The first kappa shape index (κ1) is 14.4. The van der Waals surface area contributed by atoms with Gasteiger partial charge in [-0.1, -0.05) is 13.8 Å². The molecule has 1 aromatic rings. The lowest BCUT2D eigenvalue weighted by molar-refractivity contribution is -0.131. The lowest BCUT2D eigenvalue weighted by Gasteiger charge is -2.38. The molecule has 2 amide bonds. The third-order valence-electron chi connectivity index (χ3n) is 3.52. The van der Waals surface area contributed by atoms with Crippen LogP contribution < -0.4 is 15.0 Å². The van der Waals surface area contributed by atoms with Gasteiger partial charge in [-0.2, -0.15) is 0 Å². The molecule has 1 fully saturated rings. The van der Waals surface area contributed by atoms with Crippen LogP contribution in [0.15, 0.2) is 18.2 Å². The van der Waals surface area contributed by atoms with Gasteiger partial charge < -0.3 is 10.1 Å². The van der Waals surface area contributed by atoms with Crippen molar-refractivity contribution in [1.82, 2.24) is 5.32 Å². The molecule has 1 saturated heterocycles. The fraction of sp³-hybridized carbons (Fsp3) is 0.467. The average molecular weight is 276 g/mol. The summed E-state index contributed by atoms with van der Waals surface area (Å²) < 4.78 is 5.18. The van der Waals surface area contributed by atoms with Gasteiger partial charge in [0.1, 0.15) is 11.8 Å². The van der Waals surface area contributed by atoms with Gasteiger partial charge in [0.05, 0.1) is 13.7 Å². The Morgan fingerprint density at radius 1 is 1.35 bits per heavy atom. The van der Waals surface area contributed by atoms with Crippen LogP contribution in [0.1, 0.15) is 19.4 Å². The summed E-state index contributed by atoms with van der Waals surface area (Å²) in [6, 6.07) is 5.04. The lowest BCUT2D eigenvalue weighted by atomic mass is 9.97. The van der Waals surface area contributed by atoms with E-state index in [1.165, 1.54) is 0 Å². The van der Waals surface area contributed by atoms with Gasteiger partial charge in [0.25, 0.3) is 0 Å². The number of benzene rings is 1. The molecule has 0 radical (unpaired) electrons. The van der Waals surface area contributed by atoms with E-state index in [0.717, 1.165) is 17.0 Å². The minimum atomic E-state index is -0.469. The van der Waals surface area contributed by atoms with Crippen molar-refractivity contribution in [1.29, 1.82) is 0 Å². The van der Waals surface area contributed by atoms with Crippen LogP contribution in [-0.4, -0.2) is 31.5 Å². The van der Waals surface area contributed by atoms with E-state index in [2.05, 4.69) is 5.32 Å². The van der Waals surface area contributed by atoms with Crippen LogP contribution in [0.25, 0.3) is 0 Å². The number of nitrogens with one attached hydrogen (secondary N) is 1. The molecule has 20 heavy (non-hydrogen) atoms. The summed E-state index contributed by atoms with van der Waals surface area (Å²) in [6.45, 7) is 5.84. The summed E-state index contributed by atoms with van der Waals surface area (Å²) >= 11 is 0. The van der Waals surface area contributed by atoms with Crippen LogP contribution >= 0.6 is 0 Å². The van der Waals surface area contributed by atoms with Crippen molar-refractivity contribution >= 4 is 17.5 Å². The molecular formula is C15H20N2O3. The number of hydrogen-bond donors (Lipinski definition) is 1. The van der Waals surface area contributed by atoms with Gasteiger partial charge >= 0.3 is 0 Å². The maximum absolute atomic E-state index is 12.2. The number of nitrogens with zero attached hydrogens (tertiary/aromatic N) is 1. The summed E-state index contributed by atoms with van der Waals surface area (Å²) in [4.78, 5) is 25.9. The van der Waals surface area contributed by atoms with Crippen molar-refractivity contribution in [3.05, 3.63) is 23.8 Å². The molecule has 1 N–H and O–H groups in total. The number of aryl methyl sites for hydroxylation is 1. The Labute approximate surface area is 118 Å². The van der Waals surface area contributed by atoms with Crippen LogP contribution in [0.3, 0.4) is 0 Å². The Hall–Kier alpha value is -2.04. The standard InChI is InChI=1S/C15H20N2O3/c1-9(2)14-15(19)16-8-13(18)17(14)12-6-5-11(20-4)7-10(12)3/h5-7,9,14H,8H2,1-4H3,(H,16,19). The van der Waals surface area contributed by atoms with Crippen LogP contribution in [-0.2, 0) is 9.59 Å². The van der Waals surface area contributed by atoms with E-state index >= 15 is 0 Å². The molecule has 1 aromatic carbocycles. The van der Waals surface area contributed by atoms with E-state index in [0.29, 0.717) is 0 Å². The zero-order valence-electron chi connectivity index (χ0n) is 12.3. The van der Waals surface area contributed by atoms with Crippen molar-refractivity contribution in [3.63, 3.8) is 0 Å². The van der Waals surface area contributed by atoms with Gasteiger partial charge in [-0.15, -0.1) is 0 Å². The van der Waals surface area contributed by atoms with Crippen molar-refractivity contribution in [2.24, 2.45) is 5.92 Å². The van der Waals surface area contributed by atoms with Crippen LogP contribution in [0.2, 0.25) is 0 Å². The van der Waals surface area contributed by atoms with Gasteiger partial charge in [-0.25, -0.2) is 0 Å². The molecule has 0 aliphatic carbocycles. The van der Waals surface area contributed by atoms with Gasteiger partial charge in [0.2, 0.25) is 11.8 Å². The largest absolute Gasteiger partial charge is 0.497 e. The molecule has 108 valence electrons. The smallest absolute Gasteiger partial charge is 0.247 e. The molecule has 2 rings (SSSR count). The number of hydrogen-bond acceptors (Lipinski definition) is 3. The second-order valence-electron chi connectivity index (χ2n) is 5.32. The topological polar surface area (TPSA) is 58.6 Å². The first-order chi connectivity index (χ1) is 9.45. The molecule has 1 aliphatic heterocycles. The highest BCUT2D eigenvalue weighted by molar-refractivity contribution is 6.07. The summed E-state index contributed by atoms with van der Waals surface area (Å²) in [5.41, 5.74) is 1.68. The average Bonchev–Trinajstić information content (AvgIpc) is 2.41. The third kappa shape index (κ3) is 2.48. The molecule has 1 atom stereocenters. The molecule has 1 heterocycles. The third-order valence-corrected chi connectivity index (χ3v) is 3.52. The van der Waals surface area contributed by atoms with E-state index < -0.39 is 6.04 Å². The Kier molecular flexibility index (Phi) is 3.97. The lowest BCUT2D eigenvalue weighted by Crippen LogP contribution is -2.60. The van der Waals surface area contributed by atoms with Crippen molar-refractivity contribution in [2.75, 3.05) is 18.6 Å². The predicted octanol–water partition coefficient (Wildman–Crippen LogP) is 1.49. The number of carbonyl (C=O) groups excluding carboxylic acids is 2. The second-order valence-corrected chi connectivity index (χ2v) is 5.32. The van der Waals surface area contributed by atoms with Crippen molar-refractivity contribution in [3.8, 4) is 5.75 Å². The molecule has 5 nitrogen and oxygen atoms in total. The first-order valence-electron chi connectivity index (χ1n) is 6.70. The van der Waals surface area contributed by atoms with E-state index in [-0.39, 0.29) is 24.3 Å². The number of methoxy groups -OCH3 is 1.